The molecule has 0 amide bonds. The van der Waals surface area contributed by atoms with Crippen molar-refractivity contribution in [3.63, 3.8) is 0 Å². The second kappa shape index (κ2) is 5.89. The number of hydrogen-bond donors (Lipinski definition) is 0. The van der Waals surface area contributed by atoms with Gasteiger partial charge < -0.3 is 4.57 Å². The second-order valence-corrected chi connectivity index (χ2v) is 5.05. The Kier molecular flexibility index (Phi) is 3.75. The molecule has 0 saturated carbocycles. The Bertz CT molecular complexity index is 1070. The molecule has 0 spiro atoms. The summed E-state index contributed by atoms with van der Waals surface area (Å²) in [6.07, 6.45) is 2.56. The molecule has 3 rings (SSSR count). The van der Waals surface area contributed by atoms with Gasteiger partial charge in [-0.15, -0.1) is 0 Å². The molecule has 0 aliphatic carbocycles. The van der Waals surface area contributed by atoms with Crippen LogP contribution >= 0.6 is 0 Å². The molecule has 0 bridgehead atoms. The lowest BCUT2D eigenvalue weighted by Gasteiger charge is -2.09. The molecular formula is C16H9FN4O3. The molecule has 0 N–H and O–H groups in total. The Morgan fingerprint density at radius 2 is 2.17 bits per heavy atom. The number of fused-ring (bicyclic) bond motifs is 1. The minimum absolute atomic E-state index is 0.138. The van der Waals surface area contributed by atoms with Crippen LogP contribution in [0.3, 0.4) is 0 Å². The van der Waals surface area contributed by atoms with Crippen LogP contribution in [0.1, 0.15) is 11.1 Å². The van der Waals surface area contributed by atoms with Gasteiger partial charge in [-0.2, -0.15) is 5.26 Å². The van der Waals surface area contributed by atoms with Crippen molar-refractivity contribution in [1.82, 2.24) is 9.55 Å². The van der Waals surface area contributed by atoms with Crippen LogP contribution in [-0.4, -0.2) is 14.5 Å². The van der Waals surface area contributed by atoms with E-state index >= 15 is 0 Å². The van der Waals surface area contributed by atoms with Gasteiger partial charge in [-0.3, -0.25) is 19.9 Å². The van der Waals surface area contributed by atoms with Crippen molar-refractivity contribution < 1.29 is 9.31 Å². The van der Waals surface area contributed by atoms with Gasteiger partial charge in [-0.25, -0.2) is 4.39 Å². The third-order valence-corrected chi connectivity index (χ3v) is 3.49. The van der Waals surface area contributed by atoms with E-state index in [1.54, 1.807) is 18.2 Å². The number of pyridine rings is 2. The van der Waals surface area contributed by atoms with E-state index in [0.29, 0.717) is 16.5 Å². The molecule has 0 fully saturated rings. The van der Waals surface area contributed by atoms with E-state index in [1.807, 2.05) is 0 Å². The zero-order chi connectivity index (χ0) is 17.3. The first-order valence-electron chi connectivity index (χ1n) is 6.81. The number of nitriles is 1. The van der Waals surface area contributed by atoms with E-state index in [9.17, 15) is 19.3 Å². The smallest absolute Gasteiger partial charge is 0.287 e. The lowest BCUT2D eigenvalue weighted by molar-refractivity contribution is -0.385. The molecular weight excluding hydrogens is 315 g/mol. The van der Waals surface area contributed by atoms with Crippen LogP contribution in [0.5, 0.6) is 0 Å². The summed E-state index contributed by atoms with van der Waals surface area (Å²) in [6, 6.07) is 8.40. The highest BCUT2D eigenvalue weighted by Crippen LogP contribution is 2.20. The molecule has 0 saturated heterocycles. The predicted octanol–water partition coefficient (Wildman–Crippen LogP) is 2.36. The average molecular weight is 324 g/mol. The molecule has 7 nitrogen and oxygen atoms in total. The minimum Gasteiger partial charge on any atom is -0.303 e. The van der Waals surface area contributed by atoms with E-state index in [2.05, 4.69) is 4.98 Å². The Labute approximate surface area is 134 Å². The van der Waals surface area contributed by atoms with Gasteiger partial charge in [0.05, 0.1) is 23.2 Å². The highest BCUT2D eigenvalue weighted by Gasteiger charge is 2.15. The fourth-order valence-corrected chi connectivity index (χ4v) is 2.45. The van der Waals surface area contributed by atoms with E-state index < -0.39 is 16.3 Å². The minimum atomic E-state index is -0.696. The summed E-state index contributed by atoms with van der Waals surface area (Å²) < 4.78 is 14.8. The van der Waals surface area contributed by atoms with Crippen LogP contribution in [0.15, 0.2) is 47.5 Å². The predicted molar refractivity (Wildman–Crippen MR) is 82.9 cm³/mol. The van der Waals surface area contributed by atoms with Crippen molar-refractivity contribution in [2.75, 3.05) is 0 Å². The van der Waals surface area contributed by atoms with Crippen molar-refractivity contribution >= 4 is 16.6 Å². The van der Waals surface area contributed by atoms with Crippen molar-refractivity contribution in [2.24, 2.45) is 0 Å². The first kappa shape index (κ1) is 15.3. The molecule has 0 aliphatic heterocycles. The molecule has 8 heteroatoms. The molecule has 1 aromatic carbocycles. The Morgan fingerprint density at radius 1 is 1.38 bits per heavy atom. The molecule has 0 radical (unpaired) electrons. The Hall–Kier alpha value is -3.60. The summed E-state index contributed by atoms with van der Waals surface area (Å²) in [5.41, 5.74) is -0.554. The topological polar surface area (TPSA) is 102 Å². The summed E-state index contributed by atoms with van der Waals surface area (Å²) in [6.45, 7) is -0.138. The summed E-state index contributed by atoms with van der Waals surface area (Å²) in [4.78, 5) is 26.6. The molecule has 0 unspecified atom stereocenters. The number of rotatable bonds is 3. The first-order chi connectivity index (χ1) is 11.5. The molecule has 2 aromatic heterocycles. The summed E-state index contributed by atoms with van der Waals surface area (Å²) >= 11 is 0. The van der Waals surface area contributed by atoms with Crippen molar-refractivity contribution in [3.05, 3.63) is 80.1 Å². The van der Waals surface area contributed by atoms with Crippen LogP contribution in [0.2, 0.25) is 0 Å². The summed E-state index contributed by atoms with van der Waals surface area (Å²) in [5.74, 6) is -0.510. The maximum Gasteiger partial charge on any atom is 0.287 e. The van der Waals surface area contributed by atoms with Gasteiger partial charge in [0.25, 0.3) is 11.2 Å². The second-order valence-electron chi connectivity index (χ2n) is 5.05. The number of nitrogens with zero attached hydrogens (tertiary/aromatic N) is 4. The monoisotopic (exact) mass is 324 g/mol. The van der Waals surface area contributed by atoms with E-state index in [4.69, 9.17) is 5.26 Å². The van der Waals surface area contributed by atoms with Crippen molar-refractivity contribution in [1.29, 1.82) is 5.26 Å². The largest absolute Gasteiger partial charge is 0.303 e. The number of hydrogen-bond acceptors (Lipinski definition) is 5. The molecule has 2 heterocycles. The number of aromatic nitrogens is 2. The van der Waals surface area contributed by atoms with Gasteiger partial charge in [0.2, 0.25) is 0 Å². The van der Waals surface area contributed by atoms with E-state index in [-0.39, 0.29) is 17.8 Å². The zero-order valence-electron chi connectivity index (χ0n) is 12.1. The highest BCUT2D eigenvalue weighted by molar-refractivity contribution is 5.81. The first-order valence-corrected chi connectivity index (χ1v) is 6.81. The quantitative estimate of drug-likeness (QED) is 0.543. The Morgan fingerprint density at radius 3 is 2.88 bits per heavy atom. The van der Waals surface area contributed by atoms with Crippen molar-refractivity contribution in [2.45, 2.75) is 6.54 Å². The molecule has 24 heavy (non-hydrogen) atoms. The maximum atomic E-state index is 13.8. The third-order valence-electron chi connectivity index (χ3n) is 3.49. The molecule has 0 atom stereocenters. The standard InChI is InChI=1S/C16H9FN4O3/c17-13-4-10-2-1-3-19-15(10)12(5-13)8-20-9-14(21(23)24)6-11(7-18)16(20)22/h1-6,9H,8H2. The molecule has 0 aliphatic rings. The third kappa shape index (κ3) is 2.70. The van der Waals surface area contributed by atoms with Crippen LogP contribution in [-0.2, 0) is 6.54 Å². The lowest BCUT2D eigenvalue weighted by atomic mass is 10.1. The van der Waals surface area contributed by atoms with Crippen LogP contribution in [0, 0.1) is 27.3 Å². The van der Waals surface area contributed by atoms with Gasteiger partial charge in [0, 0.05) is 23.2 Å². The number of nitro groups is 1. The molecule has 3 aromatic rings. The average Bonchev–Trinajstić information content (AvgIpc) is 2.56. The summed E-state index contributed by atoms with van der Waals surface area (Å²) in [7, 11) is 0. The number of halogens is 1. The van der Waals surface area contributed by atoms with Gasteiger partial charge >= 0.3 is 0 Å². The summed E-state index contributed by atoms with van der Waals surface area (Å²) in [5, 5.41) is 20.5. The van der Waals surface area contributed by atoms with E-state index in [0.717, 1.165) is 16.8 Å². The Balaban J connectivity index is 2.19. The van der Waals surface area contributed by atoms with Crippen LogP contribution in [0.4, 0.5) is 10.1 Å². The van der Waals surface area contributed by atoms with Crippen molar-refractivity contribution in [3.8, 4) is 6.07 Å². The maximum absolute atomic E-state index is 13.8. The van der Waals surface area contributed by atoms with E-state index in [1.165, 1.54) is 18.3 Å². The lowest BCUT2D eigenvalue weighted by Crippen LogP contribution is -2.23. The van der Waals surface area contributed by atoms with Crippen LogP contribution < -0.4 is 5.56 Å². The number of benzene rings is 1. The normalized spacial score (nSPS) is 10.5. The van der Waals surface area contributed by atoms with Gasteiger partial charge in [-0.1, -0.05) is 6.07 Å². The highest BCUT2D eigenvalue weighted by atomic mass is 19.1. The van der Waals surface area contributed by atoms with Gasteiger partial charge in [0.1, 0.15) is 17.4 Å². The zero-order valence-corrected chi connectivity index (χ0v) is 12.1. The fourth-order valence-electron chi connectivity index (χ4n) is 2.45. The SMILES string of the molecule is N#Cc1cc([N+](=O)[O-])cn(Cc2cc(F)cc3cccnc23)c1=O. The fraction of sp³-hybridized carbons (Fsp3) is 0.0625. The molecule has 118 valence electrons. The van der Waals surface area contributed by atoms with Gasteiger partial charge in [-0.05, 0) is 18.2 Å². The van der Waals surface area contributed by atoms with Gasteiger partial charge in [0.15, 0.2) is 0 Å². The van der Waals surface area contributed by atoms with Crippen LogP contribution in [0.25, 0.3) is 10.9 Å².